The number of hydrogen-bond acceptors (Lipinski definition) is 2. The van der Waals surface area contributed by atoms with Gasteiger partial charge in [0.2, 0.25) is 5.43 Å². The first-order chi connectivity index (χ1) is 11.0. The molecule has 0 saturated heterocycles. The largest absolute Gasteiger partial charge is 0.348 e. The van der Waals surface area contributed by atoms with Crippen molar-refractivity contribution in [3.8, 4) is 0 Å². The molecule has 0 spiro atoms. The van der Waals surface area contributed by atoms with Crippen molar-refractivity contribution in [3.63, 3.8) is 0 Å². The van der Waals surface area contributed by atoms with Crippen LogP contribution in [0, 0.1) is 0 Å². The third-order valence-electron chi connectivity index (χ3n) is 3.52. The second-order valence-corrected chi connectivity index (χ2v) is 6.31. The Labute approximate surface area is 145 Å². The van der Waals surface area contributed by atoms with E-state index in [1.54, 1.807) is 41.9 Å². The minimum absolute atomic E-state index is 0.0676. The highest BCUT2D eigenvalue weighted by Crippen LogP contribution is 2.23. The topological polar surface area (TPSA) is 51.1 Å². The van der Waals surface area contributed by atoms with Crippen LogP contribution >= 0.6 is 27.5 Å². The number of aryl methyl sites for hydroxylation is 1. The highest BCUT2D eigenvalue weighted by atomic mass is 79.9. The summed E-state index contributed by atoms with van der Waals surface area (Å²) in [6.45, 7) is 0. The van der Waals surface area contributed by atoms with E-state index in [0.29, 0.717) is 21.6 Å². The van der Waals surface area contributed by atoms with Crippen molar-refractivity contribution < 1.29 is 4.79 Å². The van der Waals surface area contributed by atoms with Gasteiger partial charge in [-0.15, -0.1) is 0 Å². The van der Waals surface area contributed by atoms with Crippen LogP contribution in [0.25, 0.3) is 10.9 Å². The third-order valence-corrected chi connectivity index (χ3v) is 4.51. The van der Waals surface area contributed by atoms with Crippen molar-refractivity contribution in [1.29, 1.82) is 0 Å². The Morgan fingerprint density at radius 1 is 1.17 bits per heavy atom. The van der Waals surface area contributed by atoms with Crippen LogP contribution in [0.1, 0.15) is 10.4 Å². The number of benzene rings is 2. The number of amides is 1. The monoisotopic (exact) mass is 390 g/mol. The molecular formula is C17H12BrClN2O2. The molecule has 0 aliphatic heterocycles. The van der Waals surface area contributed by atoms with Crippen LogP contribution < -0.4 is 10.7 Å². The molecule has 0 bridgehead atoms. The highest BCUT2D eigenvalue weighted by molar-refractivity contribution is 9.10. The molecule has 4 nitrogen and oxygen atoms in total. The molecule has 0 saturated carbocycles. The average molecular weight is 392 g/mol. The van der Waals surface area contributed by atoms with Crippen LogP contribution in [-0.4, -0.2) is 10.5 Å². The second-order valence-electron chi connectivity index (χ2n) is 5.05. The summed E-state index contributed by atoms with van der Waals surface area (Å²) in [5.41, 5.74) is 0.936. The van der Waals surface area contributed by atoms with Gasteiger partial charge in [-0.05, 0) is 40.2 Å². The predicted octanol–water partition coefficient (Wildman–Crippen LogP) is 4.21. The SMILES string of the molecule is Cn1cc(C(=O)Nc2ccccc2Br)c(=O)c2cccc(Cl)c21. The van der Waals surface area contributed by atoms with Crippen molar-refractivity contribution >= 4 is 50.0 Å². The van der Waals surface area contributed by atoms with Crippen molar-refractivity contribution in [2.45, 2.75) is 0 Å². The number of nitrogens with one attached hydrogen (secondary N) is 1. The lowest BCUT2D eigenvalue weighted by molar-refractivity contribution is 0.102. The Bertz CT molecular complexity index is 982. The predicted molar refractivity (Wildman–Crippen MR) is 96.3 cm³/mol. The minimum atomic E-state index is -0.459. The molecule has 6 heteroatoms. The first-order valence-corrected chi connectivity index (χ1v) is 8.00. The first-order valence-electron chi connectivity index (χ1n) is 6.83. The normalized spacial score (nSPS) is 10.7. The molecule has 0 aliphatic rings. The number of pyridine rings is 1. The molecule has 0 aliphatic carbocycles. The van der Waals surface area contributed by atoms with Crippen LogP contribution in [0.3, 0.4) is 0 Å². The molecule has 3 rings (SSSR count). The Hall–Kier alpha value is -2.11. The molecule has 1 N–H and O–H groups in total. The van der Waals surface area contributed by atoms with Gasteiger partial charge in [0.1, 0.15) is 5.56 Å². The highest BCUT2D eigenvalue weighted by Gasteiger charge is 2.16. The molecule has 0 fully saturated rings. The maximum atomic E-state index is 12.6. The van der Waals surface area contributed by atoms with Gasteiger partial charge in [-0.2, -0.15) is 0 Å². The molecule has 1 amide bonds. The number of hydrogen-bond donors (Lipinski definition) is 1. The Kier molecular flexibility index (Phi) is 4.24. The molecule has 3 aromatic rings. The number of nitrogens with zero attached hydrogens (tertiary/aromatic N) is 1. The summed E-state index contributed by atoms with van der Waals surface area (Å²) in [7, 11) is 1.75. The lowest BCUT2D eigenvalue weighted by Gasteiger charge is -2.11. The van der Waals surface area contributed by atoms with E-state index in [1.165, 1.54) is 6.20 Å². The molecule has 23 heavy (non-hydrogen) atoms. The average Bonchev–Trinajstić information content (AvgIpc) is 2.52. The summed E-state index contributed by atoms with van der Waals surface area (Å²) in [6, 6.07) is 12.3. The summed E-state index contributed by atoms with van der Waals surface area (Å²) < 4.78 is 2.43. The molecule has 116 valence electrons. The molecule has 1 aromatic heterocycles. The van der Waals surface area contributed by atoms with Crippen molar-refractivity contribution in [1.82, 2.24) is 4.57 Å². The van der Waals surface area contributed by atoms with Gasteiger partial charge >= 0.3 is 0 Å². The van der Waals surface area contributed by atoms with E-state index in [0.717, 1.165) is 4.47 Å². The lowest BCUT2D eigenvalue weighted by Crippen LogP contribution is -2.23. The van der Waals surface area contributed by atoms with Gasteiger partial charge < -0.3 is 9.88 Å². The molecule has 0 radical (unpaired) electrons. The van der Waals surface area contributed by atoms with Crippen molar-refractivity contribution in [2.24, 2.45) is 7.05 Å². The summed E-state index contributed by atoms with van der Waals surface area (Å²) in [4.78, 5) is 25.1. The molecule has 0 unspecified atom stereocenters. The summed E-state index contributed by atoms with van der Waals surface area (Å²) in [5.74, 6) is -0.459. The van der Waals surface area contributed by atoms with Gasteiger partial charge in [0.25, 0.3) is 5.91 Å². The van der Waals surface area contributed by atoms with Crippen LogP contribution in [0.2, 0.25) is 5.02 Å². The first kappa shape index (κ1) is 15.8. The zero-order valence-electron chi connectivity index (χ0n) is 12.1. The second kappa shape index (κ2) is 6.18. The zero-order valence-corrected chi connectivity index (χ0v) is 14.5. The number of para-hydroxylation sites is 2. The van der Waals surface area contributed by atoms with E-state index in [9.17, 15) is 9.59 Å². The van der Waals surface area contributed by atoms with E-state index in [2.05, 4.69) is 21.2 Å². The minimum Gasteiger partial charge on any atom is -0.348 e. The number of fused-ring (bicyclic) bond motifs is 1. The van der Waals surface area contributed by atoms with Gasteiger partial charge in [-0.25, -0.2) is 0 Å². The van der Waals surface area contributed by atoms with E-state index in [-0.39, 0.29) is 11.0 Å². The number of halogens is 2. The van der Waals surface area contributed by atoms with Gasteiger partial charge in [0.15, 0.2) is 0 Å². The Morgan fingerprint density at radius 2 is 1.91 bits per heavy atom. The number of anilines is 1. The zero-order chi connectivity index (χ0) is 16.6. The number of rotatable bonds is 2. The maximum absolute atomic E-state index is 12.6. The molecular weight excluding hydrogens is 380 g/mol. The smallest absolute Gasteiger partial charge is 0.261 e. The number of carbonyl (C=O) groups excluding carboxylic acids is 1. The van der Waals surface area contributed by atoms with Crippen molar-refractivity contribution in [3.05, 3.63) is 73.9 Å². The molecule has 1 heterocycles. The third kappa shape index (κ3) is 2.90. The van der Waals surface area contributed by atoms with Crippen molar-refractivity contribution in [2.75, 3.05) is 5.32 Å². The summed E-state index contributed by atoms with van der Waals surface area (Å²) in [6.07, 6.45) is 1.50. The number of carbonyl (C=O) groups is 1. The fourth-order valence-corrected chi connectivity index (χ4v) is 3.12. The standard InChI is InChI=1S/C17H12BrClN2O2/c1-21-9-11(16(22)10-5-4-7-13(19)15(10)21)17(23)20-14-8-3-2-6-12(14)18/h2-9H,1H3,(H,20,23). The van der Waals surface area contributed by atoms with Gasteiger partial charge in [0, 0.05) is 23.1 Å². The number of aromatic nitrogens is 1. The molecule has 2 aromatic carbocycles. The Morgan fingerprint density at radius 3 is 2.65 bits per heavy atom. The fraction of sp³-hybridized carbons (Fsp3) is 0.0588. The Balaban J connectivity index is 2.10. The van der Waals surface area contributed by atoms with Crippen LogP contribution in [0.5, 0.6) is 0 Å². The van der Waals surface area contributed by atoms with Gasteiger partial charge in [0.05, 0.1) is 16.2 Å². The van der Waals surface area contributed by atoms with Crippen LogP contribution in [0.15, 0.2) is 57.9 Å². The lowest BCUT2D eigenvalue weighted by atomic mass is 10.1. The maximum Gasteiger partial charge on any atom is 0.261 e. The molecule has 0 atom stereocenters. The van der Waals surface area contributed by atoms with Crippen LogP contribution in [0.4, 0.5) is 5.69 Å². The van der Waals surface area contributed by atoms with Gasteiger partial charge in [-0.3, -0.25) is 9.59 Å². The van der Waals surface area contributed by atoms with E-state index in [4.69, 9.17) is 11.6 Å². The quantitative estimate of drug-likeness (QED) is 0.711. The van der Waals surface area contributed by atoms with Crippen LogP contribution in [-0.2, 0) is 7.05 Å². The van der Waals surface area contributed by atoms with Gasteiger partial charge in [-0.1, -0.05) is 29.8 Å². The van der Waals surface area contributed by atoms with E-state index in [1.807, 2.05) is 12.1 Å². The summed E-state index contributed by atoms with van der Waals surface area (Å²) in [5, 5.41) is 3.63. The fourth-order valence-electron chi connectivity index (χ4n) is 2.43. The van der Waals surface area contributed by atoms with E-state index < -0.39 is 5.91 Å². The summed E-state index contributed by atoms with van der Waals surface area (Å²) >= 11 is 9.51. The van der Waals surface area contributed by atoms with E-state index >= 15 is 0 Å².